The fraction of sp³-hybridized carbons (Fsp3) is 0.500. The summed E-state index contributed by atoms with van der Waals surface area (Å²) in [5.74, 6) is -3.02. The van der Waals surface area contributed by atoms with Gasteiger partial charge in [-0.2, -0.15) is 0 Å². The van der Waals surface area contributed by atoms with Gasteiger partial charge in [-0.1, -0.05) is 49.6 Å². The molecule has 4 N–H and O–H groups in total. The van der Waals surface area contributed by atoms with Crippen molar-refractivity contribution in [2.24, 2.45) is 0 Å². The average Bonchev–Trinajstić information content (AvgIpc) is 2.63. The highest BCUT2D eigenvalue weighted by molar-refractivity contribution is 7.46. The van der Waals surface area contributed by atoms with Crippen LogP contribution in [0.1, 0.15) is 65.0 Å². The lowest BCUT2D eigenvalue weighted by Crippen LogP contribution is -2.32. The van der Waals surface area contributed by atoms with E-state index >= 15 is 0 Å². The maximum Gasteiger partial charge on any atom is 0.472 e. The lowest BCUT2D eigenvalue weighted by molar-refractivity contribution is -0.0984. The van der Waals surface area contributed by atoms with Crippen LogP contribution >= 0.6 is 15.6 Å². The molecule has 0 aliphatic carbocycles. The number of rotatable bonds is 13. The molecule has 0 radical (unpaired) electrons. The van der Waals surface area contributed by atoms with E-state index in [1.54, 1.807) is 18.2 Å². The standard InChI is InChI=1S/C24H36O10P2/c1-7-8-9-12-18-15-20(31-23(3,4)33-35(25,26)27)22(19-13-10-11-17(2)14-19)21(16-18)32-24(5,6)34-36(28,29)30/h10-11,13-16H,7-9,12H2,1-6H3,(H2,25,26,27)(H2,28,29,30). The number of phosphoric acid groups is 2. The fourth-order valence-corrected chi connectivity index (χ4v) is 4.97. The minimum atomic E-state index is -4.88. The maximum atomic E-state index is 11.5. The molecule has 0 amide bonds. The Kier molecular flexibility index (Phi) is 9.96. The Balaban J connectivity index is 2.73. The predicted molar refractivity (Wildman–Crippen MR) is 136 cm³/mol. The summed E-state index contributed by atoms with van der Waals surface area (Å²) >= 11 is 0. The van der Waals surface area contributed by atoms with Crippen molar-refractivity contribution in [3.8, 4) is 22.6 Å². The van der Waals surface area contributed by atoms with Gasteiger partial charge in [0.25, 0.3) is 0 Å². The van der Waals surface area contributed by atoms with Gasteiger partial charge in [0.05, 0.1) is 5.56 Å². The van der Waals surface area contributed by atoms with E-state index in [2.05, 4.69) is 6.92 Å². The molecule has 0 aromatic heterocycles. The molecular weight excluding hydrogens is 510 g/mol. The number of phosphoric ester groups is 2. The first-order valence-corrected chi connectivity index (χ1v) is 14.6. The van der Waals surface area contributed by atoms with Crippen molar-refractivity contribution in [3.63, 3.8) is 0 Å². The molecule has 0 saturated carbocycles. The monoisotopic (exact) mass is 546 g/mol. The van der Waals surface area contributed by atoms with Gasteiger partial charge in [-0.25, -0.2) is 18.2 Å². The summed E-state index contributed by atoms with van der Waals surface area (Å²) < 4.78 is 44.8. The van der Waals surface area contributed by atoms with E-state index in [4.69, 9.17) is 18.5 Å². The molecule has 2 rings (SSSR count). The summed E-state index contributed by atoms with van der Waals surface area (Å²) in [4.78, 5) is 37.4. The van der Waals surface area contributed by atoms with Gasteiger partial charge in [-0.3, -0.25) is 0 Å². The van der Waals surface area contributed by atoms with Gasteiger partial charge in [0, 0.05) is 27.7 Å². The SMILES string of the molecule is CCCCCc1cc(OC(C)(C)OP(=O)(O)O)c(-c2cccc(C)c2)c(OC(C)(C)OP(=O)(O)O)c1. The molecule has 0 unspecified atom stereocenters. The first kappa shape index (κ1) is 30.5. The Morgan fingerprint density at radius 2 is 1.31 bits per heavy atom. The van der Waals surface area contributed by atoms with E-state index in [0.29, 0.717) is 17.5 Å². The van der Waals surface area contributed by atoms with Crippen molar-refractivity contribution in [1.82, 2.24) is 0 Å². The number of ether oxygens (including phenoxy) is 2. The quantitative estimate of drug-likeness (QED) is 0.137. The van der Waals surface area contributed by atoms with Gasteiger partial charge in [0.15, 0.2) is 0 Å². The van der Waals surface area contributed by atoms with Crippen molar-refractivity contribution in [1.29, 1.82) is 0 Å². The summed E-state index contributed by atoms with van der Waals surface area (Å²) in [7, 11) is -9.77. The van der Waals surface area contributed by atoms with Crippen LogP contribution in [0.2, 0.25) is 0 Å². The van der Waals surface area contributed by atoms with E-state index in [1.165, 1.54) is 27.7 Å². The van der Waals surface area contributed by atoms with Crippen LogP contribution in [0.25, 0.3) is 11.1 Å². The molecule has 12 heteroatoms. The van der Waals surface area contributed by atoms with Gasteiger partial charge in [-0.15, -0.1) is 0 Å². The predicted octanol–water partition coefficient (Wildman–Crippen LogP) is 5.84. The molecule has 36 heavy (non-hydrogen) atoms. The summed E-state index contributed by atoms with van der Waals surface area (Å²) in [6.07, 6.45) is 3.49. The smallest absolute Gasteiger partial charge is 0.462 e. The van der Waals surface area contributed by atoms with E-state index < -0.39 is 27.2 Å². The molecule has 0 heterocycles. The summed E-state index contributed by atoms with van der Waals surface area (Å²) in [6.45, 7) is 9.46. The van der Waals surface area contributed by atoms with Crippen molar-refractivity contribution >= 4 is 15.6 Å². The third-order valence-electron chi connectivity index (χ3n) is 4.89. The number of hydrogen-bond donors (Lipinski definition) is 4. The second-order valence-electron chi connectivity index (χ2n) is 9.46. The highest BCUT2D eigenvalue weighted by Gasteiger charge is 2.35. The molecule has 0 spiro atoms. The van der Waals surface area contributed by atoms with Crippen LogP contribution in [0.15, 0.2) is 36.4 Å². The number of benzene rings is 2. The first-order chi connectivity index (χ1) is 16.4. The molecule has 10 nitrogen and oxygen atoms in total. The molecule has 202 valence electrons. The molecule has 0 atom stereocenters. The first-order valence-electron chi connectivity index (χ1n) is 11.5. The molecule has 0 saturated heterocycles. The van der Waals surface area contributed by atoms with Gasteiger partial charge in [-0.05, 0) is 43.0 Å². The zero-order valence-corrected chi connectivity index (χ0v) is 23.2. The third kappa shape index (κ3) is 10.3. The number of hydrogen-bond acceptors (Lipinski definition) is 6. The highest BCUT2D eigenvalue weighted by Crippen LogP contribution is 2.48. The van der Waals surface area contributed by atoms with Gasteiger partial charge in [0.2, 0.25) is 11.6 Å². The van der Waals surface area contributed by atoms with Crippen LogP contribution < -0.4 is 9.47 Å². The zero-order chi connectivity index (χ0) is 27.4. The normalized spacial score (nSPS) is 13.1. The lowest BCUT2D eigenvalue weighted by Gasteiger charge is -2.31. The minimum Gasteiger partial charge on any atom is -0.462 e. The van der Waals surface area contributed by atoms with Gasteiger partial charge >= 0.3 is 15.6 Å². The highest BCUT2D eigenvalue weighted by atomic mass is 31.2. The Morgan fingerprint density at radius 3 is 1.72 bits per heavy atom. The lowest BCUT2D eigenvalue weighted by atomic mass is 9.97. The molecule has 0 aliphatic rings. The van der Waals surface area contributed by atoms with E-state index in [0.717, 1.165) is 30.4 Å². The van der Waals surface area contributed by atoms with Crippen molar-refractivity contribution in [3.05, 3.63) is 47.5 Å². The second kappa shape index (κ2) is 11.8. The topological polar surface area (TPSA) is 152 Å². The molecule has 2 aromatic rings. The van der Waals surface area contributed by atoms with Crippen LogP contribution in [0.5, 0.6) is 11.5 Å². The van der Waals surface area contributed by atoms with Gasteiger partial charge in [0.1, 0.15) is 11.5 Å². The summed E-state index contributed by atoms with van der Waals surface area (Å²) in [5.41, 5.74) is 2.78. The van der Waals surface area contributed by atoms with E-state index in [1.807, 2.05) is 25.1 Å². The minimum absolute atomic E-state index is 0.218. The van der Waals surface area contributed by atoms with Crippen LogP contribution in [0.3, 0.4) is 0 Å². The summed E-state index contributed by atoms with van der Waals surface area (Å²) in [5, 5.41) is 0. The zero-order valence-electron chi connectivity index (χ0n) is 21.4. The molecule has 0 fully saturated rings. The number of unbranched alkanes of at least 4 members (excludes halogenated alkanes) is 2. The summed E-state index contributed by atoms with van der Waals surface area (Å²) in [6, 6.07) is 10.9. The van der Waals surface area contributed by atoms with Crippen LogP contribution in [0, 0.1) is 6.92 Å². The molecule has 0 bridgehead atoms. The van der Waals surface area contributed by atoms with Crippen LogP contribution in [0.4, 0.5) is 0 Å². The number of aryl methyl sites for hydroxylation is 2. The Morgan fingerprint density at radius 1 is 0.806 bits per heavy atom. The van der Waals surface area contributed by atoms with Gasteiger partial charge < -0.3 is 29.0 Å². The molecule has 2 aromatic carbocycles. The fourth-order valence-electron chi connectivity index (χ4n) is 3.75. The van der Waals surface area contributed by atoms with E-state index in [9.17, 15) is 28.7 Å². The van der Waals surface area contributed by atoms with E-state index in [-0.39, 0.29) is 11.5 Å². The maximum absolute atomic E-state index is 11.5. The van der Waals surface area contributed by atoms with Crippen molar-refractivity contribution in [2.75, 3.05) is 0 Å². The molecule has 0 aliphatic heterocycles. The largest absolute Gasteiger partial charge is 0.472 e. The average molecular weight is 546 g/mol. The molecular formula is C24H36O10P2. The van der Waals surface area contributed by atoms with Crippen LogP contribution in [-0.2, 0) is 24.6 Å². The third-order valence-corrected chi connectivity index (χ3v) is 6.25. The van der Waals surface area contributed by atoms with Crippen molar-refractivity contribution < 1.29 is 47.2 Å². The Hall–Kier alpha value is -1.74. The Bertz CT molecular complexity index is 1070. The Labute approximate surface area is 212 Å². The van der Waals surface area contributed by atoms with Crippen LogP contribution in [-0.4, -0.2) is 31.1 Å². The second-order valence-corrected chi connectivity index (χ2v) is 11.8. The van der Waals surface area contributed by atoms with Crippen molar-refractivity contribution in [2.45, 2.75) is 78.8 Å².